The monoisotopic (exact) mass is 318 g/mol. The highest BCUT2D eigenvalue weighted by Crippen LogP contribution is 2.40. The summed E-state index contributed by atoms with van der Waals surface area (Å²) >= 11 is 0. The van der Waals surface area contributed by atoms with Gasteiger partial charge in [0, 0.05) is 18.3 Å². The van der Waals surface area contributed by atoms with Crippen LogP contribution in [-0.4, -0.2) is 31.0 Å². The Bertz CT molecular complexity index is 660. The van der Waals surface area contributed by atoms with Gasteiger partial charge in [-0.3, -0.25) is 19.7 Å². The van der Waals surface area contributed by atoms with Gasteiger partial charge in [0.25, 0.3) is 0 Å². The Morgan fingerprint density at radius 1 is 1.39 bits per heavy atom. The summed E-state index contributed by atoms with van der Waals surface area (Å²) < 4.78 is 1.59. The van der Waals surface area contributed by atoms with Crippen molar-refractivity contribution in [1.82, 2.24) is 14.6 Å². The zero-order valence-corrected chi connectivity index (χ0v) is 13.5. The van der Waals surface area contributed by atoms with Crippen LogP contribution in [0.1, 0.15) is 46.0 Å². The summed E-state index contributed by atoms with van der Waals surface area (Å²) in [6, 6.07) is 0. The summed E-state index contributed by atoms with van der Waals surface area (Å²) in [5.74, 6) is 6.86. The molecule has 0 saturated heterocycles. The van der Waals surface area contributed by atoms with Gasteiger partial charge in [-0.2, -0.15) is 0 Å². The third-order valence-corrected chi connectivity index (χ3v) is 5.05. The maximum absolute atomic E-state index is 11.6. The highest BCUT2D eigenvalue weighted by atomic mass is 16.6. The molecule has 0 bridgehead atoms. The molecule has 8 nitrogen and oxygen atoms in total. The molecule has 1 aliphatic heterocycles. The van der Waals surface area contributed by atoms with Crippen LogP contribution in [-0.2, 0) is 0 Å². The Morgan fingerprint density at radius 3 is 2.65 bits per heavy atom. The van der Waals surface area contributed by atoms with E-state index >= 15 is 0 Å². The summed E-state index contributed by atoms with van der Waals surface area (Å²) in [6.07, 6.45) is 10.4. The van der Waals surface area contributed by atoms with Crippen molar-refractivity contribution in [2.75, 3.05) is 0 Å². The van der Waals surface area contributed by atoms with Gasteiger partial charge in [-0.1, -0.05) is 19.3 Å². The molecule has 3 rings (SSSR count). The highest BCUT2D eigenvalue weighted by molar-refractivity contribution is 5.99. The van der Waals surface area contributed by atoms with Crippen molar-refractivity contribution in [1.29, 1.82) is 0 Å². The predicted molar refractivity (Wildman–Crippen MR) is 85.8 cm³/mol. The van der Waals surface area contributed by atoms with Crippen LogP contribution in [0.2, 0.25) is 0 Å². The van der Waals surface area contributed by atoms with E-state index in [2.05, 4.69) is 4.98 Å². The molecule has 1 atom stereocenters. The molecule has 124 valence electrons. The van der Waals surface area contributed by atoms with E-state index in [0.717, 1.165) is 25.7 Å². The number of aliphatic imine (C=N–C) groups is 1. The quantitative estimate of drug-likeness (QED) is 0.511. The normalized spacial score (nSPS) is 26.4. The van der Waals surface area contributed by atoms with E-state index in [1.165, 1.54) is 17.8 Å². The van der Waals surface area contributed by atoms with E-state index in [-0.39, 0.29) is 11.6 Å². The van der Waals surface area contributed by atoms with Crippen LogP contribution >= 0.6 is 0 Å². The molecule has 2 heterocycles. The number of aromatic nitrogens is 2. The largest absolute Gasteiger partial charge is 0.332 e. The Morgan fingerprint density at radius 2 is 2.09 bits per heavy atom. The lowest BCUT2D eigenvalue weighted by Gasteiger charge is -2.45. The Balaban J connectivity index is 2.11. The zero-order valence-electron chi connectivity index (χ0n) is 13.5. The zero-order chi connectivity index (χ0) is 16.6. The highest BCUT2D eigenvalue weighted by Gasteiger charge is 2.46. The molecular formula is C15H22N6O2. The van der Waals surface area contributed by atoms with Gasteiger partial charge in [-0.15, -0.1) is 0 Å². The number of rotatable bonds is 2. The first kappa shape index (κ1) is 15.7. The topological polar surface area (TPSA) is 103 Å². The number of nitro groups is 1. The molecule has 1 aromatic heterocycles. The molecule has 0 aromatic carbocycles. The number of allylic oxidation sites excluding steroid dienone is 2. The number of nitrogens with zero attached hydrogens (tertiary/aromatic N) is 5. The fourth-order valence-corrected chi connectivity index (χ4v) is 3.65. The van der Waals surface area contributed by atoms with Gasteiger partial charge in [-0.05, 0) is 26.7 Å². The first-order valence-corrected chi connectivity index (χ1v) is 7.94. The molecule has 0 spiro atoms. The maximum Gasteiger partial charge on any atom is 0.332 e. The first-order valence-electron chi connectivity index (χ1n) is 7.94. The number of hydrazine groups is 1. The SMILES string of the molecule is CC1=C([N+](=O)[O-])C(n2ccnc2)=NC(C)(C2CCCCC2)N1N. The minimum Gasteiger partial charge on any atom is -0.285 e. The number of hydrogen-bond donors (Lipinski definition) is 1. The molecule has 23 heavy (non-hydrogen) atoms. The summed E-state index contributed by atoms with van der Waals surface area (Å²) in [5.41, 5.74) is -0.315. The molecule has 0 radical (unpaired) electrons. The van der Waals surface area contributed by atoms with Crippen molar-refractivity contribution in [2.45, 2.75) is 51.6 Å². The minimum atomic E-state index is -0.677. The van der Waals surface area contributed by atoms with E-state index in [1.807, 2.05) is 6.92 Å². The van der Waals surface area contributed by atoms with Crippen molar-refractivity contribution in [3.63, 3.8) is 0 Å². The van der Waals surface area contributed by atoms with Gasteiger partial charge >= 0.3 is 5.70 Å². The molecular weight excluding hydrogens is 296 g/mol. The van der Waals surface area contributed by atoms with Gasteiger partial charge in [-0.25, -0.2) is 15.8 Å². The Labute approximate surface area is 134 Å². The van der Waals surface area contributed by atoms with Crippen LogP contribution < -0.4 is 5.84 Å². The van der Waals surface area contributed by atoms with E-state index in [4.69, 9.17) is 10.8 Å². The van der Waals surface area contributed by atoms with Crippen LogP contribution in [0.15, 0.2) is 35.1 Å². The Kier molecular flexibility index (Phi) is 3.93. The molecule has 8 heteroatoms. The van der Waals surface area contributed by atoms with Gasteiger partial charge in [0.1, 0.15) is 17.7 Å². The lowest BCUT2D eigenvalue weighted by atomic mass is 9.79. The van der Waals surface area contributed by atoms with Gasteiger partial charge < -0.3 is 0 Å². The van der Waals surface area contributed by atoms with Gasteiger partial charge in [0.15, 0.2) is 0 Å². The smallest absolute Gasteiger partial charge is 0.285 e. The lowest BCUT2D eigenvalue weighted by molar-refractivity contribution is -0.418. The van der Waals surface area contributed by atoms with E-state index in [9.17, 15) is 10.1 Å². The molecule has 2 N–H and O–H groups in total. The van der Waals surface area contributed by atoms with Crippen LogP contribution in [0.4, 0.5) is 0 Å². The van der Waals surface area contributed by atoms with Gasteiger partial charge in [0.05, 0.1) is 4.92 Å². The summed E-state index contributed by atoms with van der Waals surface area (Å²) in [6.45, 7) is 3.66. The van der Waals surface area contributed by atoms with E-state index in [1.54, 1.807) is 23.9 Å². The molecule has 1 saturated carbocycles. The van der Waals surface area contributed by atoms with Gasteiger partial charge in [0.2, 0.25) is 5.84 Å². The summed E-state index contributed by atoms with van der Waals surface area (Å²) in [5, 5.41) is 13.0. The second-order valence-electron chi connectivity index (χ2n) is 6.40. The van der Waals surface area contributed by atoms with Crippen molar-refractivity contribution in [2.24, 2.45) is 16.8 Å². The van der Waals surface area contributed by atoms with Crippen molar-refractivity contribution in [3.05, 3.63) is 40.2 Å². The third kappa shape index (κ3) is 2.52. The lowest BCUT2D eigenvalue weighted by Crippen LogP contribution is -2.57. The standard InChI is InChI=1S/C15H22N6O2/c1-11-13(21(22)23)14(19-9-8-17-10-19)18-15(2,20(11)16)12-6-4-3-5-7-12/h8-10,12H,3-7,16H2,1-2H3. The van der Waals surface area contributed by atoms with Crippen molar-refractivity contribution < 1.29 is 4.92 Å². The average Bonchev–Trinajstić information content (AvgIpc) is 3.07. The van der Waals surface area contributed by atoms with Crippen molar-refractivity contribution >= 4 is 5.84 Å². The molecule has 0 amide bonds. The molecule has 1 unspecified atom stereocenters. The Hall–Kier alpha value is -2.22. The minimum absolute atomic E-state index is 0.0706. The van der Waals surface area contributed by atoms with E-state index < -0.39 is 10.6 Å². The number of imidazole rings is 1. The van der Waals surface area contributed by atoms with E-state index in [0.29, 0.717) is 11.5 Å². The summed E-state index contributed by atoms with van der Waals surface area (Å²) in [7, 11) is 0. The fraction of sp³-hybridized carbons (Fsp3) is 0.600. The number of nitrogens with two attached hydrogens (primary N) is 1. The third-order valence-electron chi connectivity index (χ3n) is 5.05. The summed E-state index contributed by atoms with van der Waals surface area (Å²) in [4.78, 5) is 19.9. The first-order chi connectivity index (χ1) is 10.9. The van der Waals surface area contributed by atoms with Crippen LogP contribution in [0, 0.1) is 16.0 Å². The average molecular weight is 318 g/mol. The molecule has 1 fully saturated rings. The second kappa shape index (κ2) is 5.77. The molecule has 2 aliphatic rings. The molecule has 1 aromatic rings. The molecule has 1 aliphatic carbocycles. The van der Waals surface area contributed by atoms with Crippen LogP contribution in [0.25, 0.3) is 0 Å². The maximum atomic E-state index is 11.6. The predicted octanol–water partition coefficient (Wildman–Crippen LogP) is 2.12. The fourth-order valence-electron chi connectivity index (χ4n) is 3.65. The van der Waals surface area contributed by atoms with Crippen LogP contribution in [0.5, 0.6) is 0 Å². The second-order valence-corrected chi connectivity index (χ2v) is 6.40. The van der Waals surface area contributed by atoms with Crippen molar-refractivity contribution in [3.8, 4) is 0 Å². The van der Waals surface area contributed by atoms with Crippen LogP contribution in [0.3, 0.4) is 0 Å². The number of hydrogen-bond acceptors (Lipinski definition) is 6.